The van der Waals surface area contributed by atoms with Gasteiger partial charge < -0.3 is 9.42 Å². The smallest absolute Gasteiger partial charge is 0.259 e. The Kier molecular flexibility index (Phi) is 4.78. The molecule has 1 amide bonds. The van der Waals surface area contributed by atoms with Crippen LogP contribution in [0.5, 0.6) is 0 Å². The molecule has 0 saturated carbocycles. The van der Waals surface area contributed by atoms with Crippen molar-refractivity contribution in [1.29, 1.82) is 0 Å². The number of rotatable bonds is 6. The van der Waals surface area contributed by atoms with Crippen molar-refractivity contribution in [1.82, 2.24) is 29.6 Å². The first kappa shape index (κ1) is 17.1. The van der Waals surface area contributed by atoms with E-state index < -0.39 is 0 Å². The van der Waals surface area contributed by atoms with Gasteiger partial charge in [0.05, 0.1) is 12.7 Å². The Hall–Kier alpha value is -2.77. The SMILES string of the molecule is CCN(Cc1noc(CC(C)C)n1)C(=O)c1cnn2cc(C)cnc12. The van der Waals surface area contributed by atoms with Gasteiger partial charge in [-0.1, -0.05) is 19.0 Å². The molecule has 0 aliphatic rings. The van der Waals surface area contributed by atoms with Gasteiger partial charge in [-0.3, -0.25) is 4.79 Å². The minimum Gasteiger partial charge on any atom is -0.339 e. The Labute approximate surface area is 145 Å². The minimum atomic E-state index is -0.149. The summed E-state index contributed by atoms with van der Waals surface area (Å²) >= 11 is 0. The van der Waals surface area contributed by atoms with E-state index in [1.807, 2.05) is 20.0 Å². The highest BCUT2D eigenvalue weighted by molar-refractivity contribution is 5.99. The molecule has 0 atom stereocenters. The van der Waals surface area contributed by atoms with Crippen LogP contribution in [0.15, 0.2) is 23.1 Å². The van der Waals surface area contributed by atoms with Crippen molar-refractivity contribution in [3.8, 4) is 0 Å². The van der Waals surface area contributed by atoms with Crippen molar-refractivity contribution < 1.29 is 9.32 Å². The second kappa shape index (κ2) is 7.00. The van der Waals surface area contributed by atoms with E-state index in [1.165, 1.54) is 0 Å². The molecule has 0 aromatic carbocycles. The number of amides is 1. The van der Waals surface area contributed by atoms with Crippen LogP contribution >= 0.6 is 0 Å². The highest BCUT2D eigenvalue weighted by Crippen LogP contribution is 2.14. The van der Waals surface area contributed by atoms with Crippen LogP contribution in [-0.2, 0) is 13.0 Å². The quantitative estimate of drug-likeness (QED) is 0.683. The lowest BCUT2D eigenvalue weighted by molar-refractivity contribution is 0.0749. The molecule has 0 fully saturated rings. The van der Waals surface area contributed by atoms with E-state index in [4.69, 9.17) is 4.52 Å². The highest BCUT2D eigenvalue weighted by atomic mass is 16.5. The molecule has 0 bridgehead atoms. The molecular weight excluding hydrogens is 320 g/mol. The van der Waals surface area contributed by atoms with Gasteiger partial charge in [-0.2, -0.15) is 10.1 Å². The number of nitrogens with zero attached hydrogens (tertiary/aromatic N) is 6. The van der Waals surface area contributed by atoms with Crippen LogP contribution in [-0.4, -0.2) is 42.1 Å². The van der Waals surface area contributed by atoms with Gasteiger partial charge in [0.1, 0.15) is 5.56 Å². The zero-order valence-corrected chi connectivity index (χ0v) is 14.9. The molecule has 8 nitrogen and oxygen atoms in total. The van der Waals surface area contributed by atoms with Crippen LogP contribution in [0.1, 0.15) is 48.4 Å². The monoisotopic (exact) mass is 342 g/mol. The maximum absolute atomic E-state index is 12.9. The van der Waals surface area contributed by atoms with Gasteiger partial charge in [-0.05, 0) is 25.3 Å². The zero-order chi connectivity index (χ0) is 18.0. The van der Waals surface area contributed by atoms with Gasteiger partial charge in [0, 0.05) is 25.4 Å². The summed E-state index contributed by atoms with van der Waals surface area (Å²) in [6.45, 7) is 8.84. The lowest BCUT2D eigenvalue weighted by atomic mass is 10.1. The van der Waals surface area contributed by atoms with Crippen molar-refractivity contribution in [2.45, 2.75) is 40.7 Å². The summed E-state index contributed by atoms with van der Waals surface area (Å²) in [5.41, 5.74) is 1.99. The second-order valence-corrected chi connectivity index (χ2v) is 6.48. The summed E-state index contributed by atoms with van der Waals surface area (Å²) in [4.78, 5) is 23.2. The molecule has 0 spiro atoms. The van der Waals surface area contributed by atoms with Gasteiger partial charge in [-0.15, -0.1) is 0 Å². The van der Waals surface area contributed by atoms with Crippen molar-refractivity contribution in [3.63, 3.8) is 0 Å². The Morgan fingerprint density at radius 2 is 2.16 bits per heavy atom. The molecule has 3 heterocycles. The fourth-order valence-electron chi connectivity index (χ4n) is 2.57. The van der Waals surface area contributed by atoms with Crippen LogP contribution in [0.4, 0.5) is 0 Å². The predicted molar refractivity (Wildman–Crippen MR) is 91.0 cm³/mol. The van der Waals surface area contributed by atoms with E-state index >= 15 is 0 Å². The first-order valence-electron chi connectivity index (χ1n) is 8.38. The Morgan fingerprint density at radius 1 is 1.36 bits per heavy atom. The standard InChI is InChI=1S/C17H22N6O2/c1-5-22(10-14-20-15(25-21-14)6-11(2)3)17(24)13-8-19-23-9-12(4)7-18-16(13)23/h7-9,11H,5-6,10H2,1-4H3. The van der Waals surface area contributed by atoms with Gasteiger partial charge in [-0.25, -0.2) is 9.50 Å². The Balaban J connectivity index is 1.80. The number of carbonyl (C=O) groups is 1. The number of hydrogen-bond donors (Lipinski definition) is 0. The maximum atomic E-state index is 12.9. The highest BCUT2D eigenvalue weighted by Gasteiger charge is 2.21. The lowest BCUT2D eigenvalue weighted by Crippen LogP contribution is -2.30. The van der Waals surface area contributed by atoms with Crippen LogP contribution in [0.2, 0.25) is 0 Å². The summed E-state index contributed by atoms with van der Waals surface area (Å²) in [7, 11) is 0. The van der Waals surface area contributed by atoms with Crippen molar-refractivity contribution in [2.75, 3.05) is 6.54 Å². The minimum absolute atomic E-state index is 0.149. The lowest BCUT2D eigenvalue weighted by Gasteiger charge is -2.18. The summed E-state index contributed by atoms with van der Waals surface area (Å²) in [5, 5.41) is 8.20. The van der Waals surface area contributed by atoms with E-state index in [0.29, 0.717) is 41.9 Å². The molecule has 3 rings (SSSR count). The average molecular weight is 342 g/mol. The topological polar surface area (TPSA) is 89.4 Å². The summed E-state index contributed by atoms with van der Waals surface area (Å²) in [5.74, 6) is 1.39. The third-order valence-electron chi connectivity index (χ3n) is 3.81. The molecule has 0 N–H and O–H groups in total. The van der Waals surface area contributed by atoms with Crippen molar-refractivity contribution in [2.24, 2.45) is 5.92 Å². The van der Waals surface area contributed by atoms with E-state index in [2.05, 4.69) is 34.1 Å². The fourth-order valence-corrected chi connectivity index (χ4v) is 2.57. The van der Waals surface area contributed by atoms with Gasteiger partial charge >= 0.3 is 0 Å². The van der Waals surface area contributed by atoms with E-state index in [9.17, 15) is 4.79 Å². The van der Waals surface area contributed by atoms with E-state index in [-0.39, 0.29) is 5.91 Å². The first-order valence-corrected chi connectivity index (χ1v) is 8.38. The number of fused-ring (bicyclic) bond motifs is 1. The average Bonchev–Trinajstić information content (AvgIpc) is 3.17. The fraction of sp³-hybridized carbons (Fsp3) is 0.471. The zero-order valence-electron chi connectivity index (χ0n) is 14.9. The predicted octanol–water partition coefficient (Wildman–Crippen LogP) is 2.28. The molecule has 3 aromatic rings. The maximum Gasteiger partial charge on any atom is 0.259 e. The Morgan fingerprint density at radius 3 is 2.88 bits per heavy atom. The van der Waals surface area contributed by atoms with Crippen LogP contribution < -0.4 is 0 Å². The van der Waals surface area contributed by atoms with Crippen LogP contribution in [0.3, 0.4) is 0 Å². The van der Waals surface area contributed by atoms with Gasteiger partial charge in [0.15, 0.2) is 11.5 Å². The number of aryl methyl sites for hydroxylation is 1. The molecule has 8 heteroatoms. The molecular formula is C17H22N6O2. The first-order chi connectivity index (χ1) is 12.0. The molecule has 0 aliphatic carbocycles. The van der Waals surface area contributed by atoms with Gasteiger partial charge in [0.2, 0.25) is 5.89 Å². The number of aromatic nitrogens is 5. The molecule has 0 unspecified atom stereocenters. The third-order valence-corrected chi connectivity index (χ3v) is 3.81. The van der Waals surface area contributed by atoms with Gasteiger partial charge in [0.25, 0.3) is 5.91 Å². The van der Waals surface area contributed by atoms with E-state index in [0.717, 1.165) is 12.0 Å². The third kappa shape index (κ3) is 3.67. The molecule has 3 aromatic heterocycles. The summed E-state index contributed by atoms with van der Waals surface area (Å²) in [6.07, 6.45) is 5.84. The second-order valence-electron chi connectivity index (χ2n) is 6.48. The molecule has 0 radical (unpaired) electrons. The largest absolute Gasteiger partial charge is 0.339 e. The number of hydrogen-bond acceptors (Lipinski definition) is 6. The Bertz CT molecular complexity index is 882. The molecule has 0 saturated heterocycles. The van der Waals surface area contributed by atoms with E-state index in [1.54, 1.807) is 21.8 Å². The van der Waals surface area contributed by atoms with Crippen molar-refractivity contribution in [3.05, 3.63) is 41.4 Å². The molecule has 132 valence electrons. The molecule has 0 aliphatic heterocycles. The van der Waals surface area contributed by atoms with Crippen molar-refractivity contribution >= 4 is 11.6 Å². The summed E-state index contributed by atoms with van der Waals surface area (Å²) in [6, 6.07) is 0. The van der Waals surface area contributed by atoms with Crippen LogP contribution in [0.25, 0.3) is 5.65 Å². The summed E-state index contributed by atoms with van der Waals surface area (Å²) < 4.78 is 6.86. The van der Waals surface area contributed by atoms with Crippen LogP contribution in [0, 0.1) is 12.8 Å². The normalized spacial score (nSPS) is 11.4. The molecule has 25 heavy (non-hydrogen) atoms. The number of carbonyl (C=O) groups excluding carboxylic acids is 1.